The van der Waals surface area contributed by atoms with Crippen LogP contribution in [0.15, 0.2) is 36.4 Å². The van der Waals surface area contributed by atoms with Crippen LogP contribution in [0.25, 0.3) is 22.4 Å². The molecule has 3 aromatic rings. The van der Waals surface area contributed by atoms with E-state index in [0.717, 1.165) is 5.00 Å². The van der Waals surface area contributed by atoms with Crippen LogP contribution in [0.5, 0.6) is 0 Å². The second-order valence-electron chi connectivity index (χ2n) is 5.74. The molecule has 0 aliphatic rings. The van der Waals surface area contributed by atoms with E-state index in [9.17, 15) is 4.79 Å². The molecule has 3 rings (SSSR count). The van der Waals surface area contributed by atoms with Gasteiger partial charge in [0.05, 0.1) is 11.5 Å². The lowest BCUT2D eigenvalue weighted by Crippen LogP contribution is -3.00. The number of aryl methyl sites for hydroxylation is 1. The molecule has 0 unspecified atom stereocenters. The number of thiazole rings is 1. The molecule has 0 atom stereocenters. The van der Waals surface area contributed by atoms with E-state index in [4.69, 9.17) is 4.74 Å². The molecule has 0 saturated heterocycles. The third kappa shape index (κ3) is 6.00. The standard InChI is InChI=1S/C19H21N2O2S2.HI.H2O/c1-14(22)23-13-12-20(2)18-10-8-15(24-18)9-11-19-21(3)16-6-4-5-7-17(16)25-19;;/h4-11H,12-13H2,1-3H3;1H;1H2/q+1;;/p-1. The number of halogens is 1. The van der Waals surface area contributed by atoms with E-state index in [1.807, 2.05) is 7.05 Å². The molecule has 0 saturated carbocycles. The van der Waals surface area contributed by atoms with Crippen molar-refractivity contribution in [2.24, 2.45) is 7.05 Å². The van der Waals surface area contributed by atoms with Gasteiger partial charge in [0.25, 0.3) is 5.01 Å². The average Bonchev–Trinajstić information content (AvgIpc) is 3.18. The summed E-state index contributed by atoms with van der Waals surface area (Å²) in [5.74, 6) is -0.237. The Morgan fingerprint density at radius 1 is 1.19 bits per heavy atom. The van der Waals surface area contributed by atoms with Crippen LogP contribution in [0, 0.1) is 0 Å². The smallest absolute Gasteiger partial charge is 0.302 e. The van der Waals surface area contributed by atoms with Crippen LogP contribution in [0.2, 0.25) is 0 Å². The van der Waals surface area contributed by atoms with Gasteiger partial charge in [-0.3, -0.25) is 4.79 Å². The second-order valence-corrected chi connectivity index (χ2v) is 7.89. The number of hydrogen-bond acceptors (Lipinski definition) is 5. The Morgan fingerprint density at radius 2 is 1.93 bits per heavy atom. The van der Waals surface area contributed by atoms with Crippen molar-refractivity contribution in [2.75, 3.05) is 25.1 Å². The Bertz CT molecular complexity index is 921. The minimum absolute atomic E-state index is 0. The normalized spacial score (nSPS) is 10.5. The van der Waals surface area contributed by atoms with Crippen LogP contribution >= 0.6 is 22.7 Å². The second kappa shape index (κ2) is 10.7. The Hall–Kier alpha value is -1.49. The number of thiophene rings is 1. The molecule has 27 heavy (non-hydrogen) atoms. The minimum Gasteiger partial charge on any atom is -1.00 e. The maximum Gasteiger partial charge on any atom is 0.302 e. The molecular weight excluding hydrogens is 495 g/mol. The SMILES string of the molecule is CC(=O)OCCN(C)c1ccc(/C=C/c2sc3ccccc3[n+]2C)s1.O.[I-]. The first kappa shape index (κ1) is 23.5. The van der Waals surface area contributed by atoms with Crippen LogP contribution in [0.4, 0.5) is 5.00 Å². The fourth-order valence-electron chi connectivity index (χ4n) is 2.49. The van der Waals surface area contributed by atoms with Crippen molar-refractivity contribution in [1.29, 1.82) is 0 Å². The topological polar surface area (TPSA) is 64.9 Å². The first-order valence-corrected chi connectivity index (χ1v) is 9.68. The summed E-state index contributed by atoms with van der Waals surface area (Å²) < 4.78 is 8.51. The van der Waals surface area contributed by atoms with E-state index in [0.29, 0.717) is 13.2 Å². The number of likely N-dealkylation sites (N-methyl/N-ethyl adjacent to an activating group) is 1. The monoisotopic (exact) mass is 518 g/mol. The molecule has 146 valence electrons. The summed E-state index contributed by atoms with van der Waals surface area (Å²) in [6.45, 7) is 2.53. The zero-order valence-corrected chi connectivity index (χ0v) is 19.2. The number of hydrogen-bond donors (Lipinski definition) is 0. The molecule has 0 aliphatic heterocycles. The van der Waals surface area contributed by atoms with Gasteiger partial charge in [-0.05, 0) is 24.3 Å². The highest BCUT2D eigenvalue weighted by molar-refractivity contribution is 7.19. The molecule has 8 heteroatoms. The summed E-state index contributed by atoms with van der Waals surface area (Å²) in [7, 11) is 4.11. The number of carbonyl (C=O) groups excluding carboxylic acids is 1. The van der Waals surface area contributed by atoms with Crippen molar-refractivity contribution in [3.63, 3.8) is 0 Å². The number of ether oxygens (including phenoxy) is 1. The van der Waals surface area contributed by atoms with Crippen molar-refractivity contribution in [3.8, 4) is 0 Å². The van der Waals surface area contributed by atoms with Crippen molar-refractivity contribution in [1.82, 2.24) is 0 Å². The lowest BCUT2D eigenvalue weighted by atomic mass is 10.3. The van der Waals surface area contributed by atoms with E-state index in [2.05, 4.69) is 65.1 Å². The molecular formula is C19H23IN2O3S2. The van der Waals surface area contributed by atoms with Gasteiger partial charge in [-0.25, -0.2) is 0 Å². The molecule has 0 bridgehead atoms. The molecule has 2 aromatic heterocycles. The maximum absolute atomic E-state index is 10.8. The van der Waals surface area contributed by atoms with Gasteiger partial charge in [0, 0.05) is 31.0 Å². The highest BCUT2D eigenvalue weighted by Gasteiger charge is 2.13. The Kier molecular flexibility index (Phi) is 9.37. The first-order valence-electron chi connectivity index (χ1n) is 8.04. The van der Waals surface area contributed by atoms with E-state index in [1.165, 1.54) is 27.0 Å². The Morgan fingerprint density at radius 3 is 2.63 bits per heavy atom. The van der Waals surface area contributed by atoms with E-state index in [1.54, 1.807) is 22.7 Å². The zero-order valence-electron chi connectivity index (χ0n) is 15.4. The van der Waals surface area contributed by atoms with Gasteiger partial charge in [0.1, 0.15) is 18.4 Å². The van der Waals surface area contributed by atoms with Crippen LogP contribution in [0.3, 0.4) is 0 Å². The lowest BCUT2D eigenvalue weighted by molar-refractivity contribution is -0.642. The van der Waals surface area contributed by atoms with Gasteiger partial charge < -0.3 is 39.1 Å². The van der Waals surface area contributed by atoms with Crippen LogP contribution < -0.4 is 33.4 Å². The molecule has 0 spiro atoms. The van der Waals surface area contributed by atoms with Crippen LogP contribution in [0.1, 0.15) is 16.8 Å². The molecule has 1 aromatic carbocycles. The summed E-state index contributed by atoms with van der Waals surface area (Å²) in [6, 6.07) is 12.7. The summed E-state index contributed by atoms with van der Waals surface area (Å²) in [6.07, 6.45) is 4.32. The summed E-state index contributed by atoms with van der Waals surface area (Å²) in [5.41, 5.74) is 1.25. The molecule has 5 nitrogen and oxygen atoms in total. The number of fused-ring (bicyclic) bond motifs is 1. The number of esters is 1. The fraction of sp³-hybridized carbons (Fsp3) is 0.263. The lowest BCUT2D eigenvalue weighted by Gasteiger charge is -2.16. The summed E-state index contributed by atoms with van der Waals surface area (Å²) in [5, 5.41) is 2.38. The number of aromatic nitrogens is 1. The van der Waals surface area contributed by atoms with Crippen molar-refractivity contribution >= 4 is 56.0 Å². The van der Waals surface area contributed by atoms with Crippen LogP contribution in [-0.2, 0) is 16.6 Å². The average molecular weight is 518 g/mol. The van der Waals surface area contributed by atoms with Crippen LogP contribution in [-0.4, -0.2) is 31.6 Å². The first-order chi connectivity index (χ1) is 12.0. The number of anilines is 1. The zero-order chi connectivity index (χ0) is 17.8. The predicted octanol–water partition coefficient (Wildman–Crippen LogP) is 0.136. The summed E-state index contributed by atoms with van der Waals surface area (Å²) >= 11 is 3.52. The van der Waals surface area contributed by atoms with Crippen molar-refractivity contribution in [3.05, 3.63) is 46.3 Å². The van der Waals surface area contributed by atoms with E-state index < -0.39 is 0 Å². The minimum atomic E-state index is -0.237. The molecule has 0 aliphatic carbocycles. The predicted molar refractivity (Wildman–Crippen MR) is 110 cm³/mol. The van der Waals surface area contributed by atoms with Gasteiger partial charge in [-0.1, -0.05) is 23.5 Å². The quantitative estimate of drug-likeness (QED) is 0.265. The third-order valence-corrected chi connectivity index (χ3v) is 6.23. The van der Waals surface area contributed by atoms with Crippen molar-refractivity contribution in [2.45, 2.75) is 6.92 Å². The third-order valence-electron chi connectivity index (χ3n) is 3.88. The van der Waals surface area contributed by atoms with Gasteiger partial charge in [-0.15, -0.1) is 11.3 Å². The number of rotatable bonds is 6. The van der Waals surface area contributed by atoms with E-state index >= 15 is 0 Å². The summed E-state index contributed by atoms with van der Waals surface area (Å²) in [4.78, 5) is 14.1. The van der Waals surface area contributed by atoms with Gasteiger partial charge >= 0.3 is 5.97 Å². The van der Waals surface area contributed by atoms with E-state index in [-0.39, 0.29) is 35.4 Å². The van der Waals surface area contributed by atoms with Gasteiger partial charge in [0.15, 0.2) is 0 Å². The maximum atomic E-state index is 10.8. The highest BCUT2D eigenvalue weighted by atomic mass is 127. The Balaban J connectivity index is 0.00000182. The fourth-order valence-corrected chi connectivity index (χ4v) is 4.44. The molecule has 0 radical (unpaired) electrons. The molecule has 2 N–H and O–H groups in total. The molecule has 0 fully saturated rings. The number of nitrogens with zero attached hydrogens (tertiary/aromatic N) is 2. The molecule has 0 amide bonds. The highest BCUT2D eigenvalue weighted by Crippen LogP contribution is 2.27. The number of benzene rings is 1. The van der Waals surface area contributed by atoms with Gasteiger partial charge in [0.2, 0.25) is 5.52 Å². The van der Waals surface area contributed by atoms with Gasteiger partial charge in [-0.2, -0.15) is 4.57 Å². The number of carbonyl (C=O) groups is 1. The molecule has 2 heterocycles. The largest absolute Gasteiger partial charge is 1.00 e. The number of para-hydroxylation sites is 1. The van der Waals surface area contributed by atoms with Crippen molar-refractivity contribution < 1.29 is 43.6 Å². The Labute approximate surface area is 184 Å².